The van der Waals surface area contributed by atoms with Crippen LogP contribution in [0.5, 0.6) is 0 Å². The molecule has 0 unspecified atom stereocenters. The second kappa shape index (κ2) is 6.53. The van der Waals surface area contributed by atoms with Gasteiger partial charge in [0.25, 0.3) is 0 Å². The van der Waals surface area contributed by atoms with Crippen molar-refractivity contribution in [2.24, 2.45) is 0 Å². The first-order valence-corrected chi connectivity index (χ1v) is 7.28. The maximum atomic E-state index is 14.4. The van der Waals surface area contributed by atoms with Gasteiger partial charge in [0.1, 0.15) is 5.82 Å². The molecular formula is C20H21F. The first kappa shape index (κ1) is 15.2. The van der Waals surface area contributed by atoms with Crippen LogP contribution in [0.2, 0.25) is 0 Å². The lowest BCUT2D eigenvalue weighted by atomic mass is 9.96. The number of aryl methyl sites for hydroxylation is 2. The van der Waals surface area contributed by atoms with Crippen LogP contribution in [0.1, 0.15) is 30.5 Å². The van der Waals surface area contributed by atoms with Crippen molar-refractivity contribution >= 4 is 5.57 Å². The monoisotopic (exact) mass is 280 g/mol. The number of halogens is 1. The fourth-order valence-electron chi connectivity index (χ4n) is 2.51. The zero-order valence-electron chi connectivity index (χ0n) is 12.9. The zero-order chi connectivity index (χ0) is 15.4. The van der Waals surface area contributed by atoms with E-state index in [1.54, 1.807) is 6.07 Å². The van der Waals surface area contributed by atoms with Crippen molar-refractivity contribution < 1.29 is 4.39 Å². The van der Waals surface area contributed by atoms with Crippen LogP contribution >= 0.6 is 0 Å². The van der Waals surface area contributed by atoms with Crippen LogP contribution in [0.3, 0.4) is 0 Å². The second-order valence-corrected chi connectivity index (χ2v) is 5.21. The minimum Gasteiger partial charge on any atom is -0.206 e. The predicted molar refractivity (Wildman–Crippen MR) is 89.8 cm³/mol. The first-order valence-electron chi connectivity index (χ1n) is 7.28. The summed E-state index contributed by atoms with van der Waals surface area (Å²) < 4.78 is 14.4. The fraction of sp³-hybridized carbons (Fsp3) is 0.200. The van der Waals surface area contributed by atoms with Crippen molar-refractivity contribution in [3.63, 3.8) is 0 Å². The van der Waals surface area contributed by atoms with E-state index in [0.717, 1.165) is 23.1 Å². The quantitative estimate of drug-likeness (QED) is 0.607. The average molecular weight is 280 g/mol. The van der Waals surface area contributed by atoms with Gasteiger partial charge in [-0.25, -0.2) is 4.39 Å². The molecule has 0 saturated carbocycles. The molecule has 0 aliphatic rings. The summed E-state index contributed by atoms with van der Waals surface area (Å²) in [6.45, 7) is 10.1. The fourth-order valence-corrected chi connectivity index (χ4v) is 2.51. The Morgan fingerprint density at radius 2 is 1.95 bits per heavy atom. The lowest BCUT2D eigenvalue weighted by Crippen LogP contribution is -1.91. The summed E-state index contributed by atoms with van der Waals surface area (Å²) in [5.41, 5.74) is 5.70. The Hall–Kier alpha value is -2.15. The summed E-state index contributed by atoms with van der Waals surface area (Å²) in [6.07, 6.45) is 4.78. The summed E-state index contributed by atoms with van der Waals surface area (Å²) in [5, 5.41) is 0. The molecule has 0 heterocycles. The number of hydrogen-bond acceptors (Lipinski definition) is 0. The molecule has 0 saturated heterocycles. The molecular weight excluding hydrogens is 259 g/mol. The first-order chi connectivity index (χ1) is 10.1. The number of hydrogen-bond donors (Lipinski definition) is 0. The van der Waals surface area contributed by atoms with Crippen molar-refractivity contribution in [3.05, 3.63) is 77.6 Å². The Labute approximate surface area is 126 Å². The maximum Gasteiger partial charge on any atom is 0.131 e. The Balaban J connectivity index is 2.41. The molecule has 0 aliphatic carbocycles. The van der Waals surface area contributed by atoms with Gasteiger partial charge in [-0.1, -0.05) is 56.0 Å². The van der Waals surface area contributed by atoms with Crippen LogP contribution in [0, 0.1) is 12.7 Å². The van der Waals surface area contributed by atoms with Gasteiger partial charge in [0.15, 0.2) is 0 Å². The smallest absolute Gasteiger partial charge is 0.131 e. The van der Waals surface area contributed by atoms with Gasteiger partial charge in [0.2, 0.25) is 0 Å². The Morgan fingerprint density at radius 3 is 2.52 bits per heavy atom. The number of allylic oxidation sites excluding steroid dienone is 3. The molecule has 0 N–H and O–H groups in total. The summed E-state index contributed by atoms with van der Waals surface area (Å²) >= 11 is 0. The van der Waals surface area contributed by atoms with E-state index in [0.29, 0.717) is 5.56 Å². The minimum atomic E-state index is -0.207. The zero-order valence-corrected chi connectivity index (χ0v) is 12.9. The van der Waals surface area contributed by atoms with Gasteiger partial charge < -0.3 is 0 Å². The van der Waals surface area contributed by atoms with Crippen molar-refractivity contribution in [1.29, 1.82) is 0 Å². The van der Waals surface area contributed by atoms with Gasteiger partial charge in [0, 0.05) is 5.56 Å². The van der Waals surface area contributed by atoms with Crippen molar-refractivity contribution in [3.8, 4) is 11.1 Å². The van der Waals surface area contributed by atoms with Crippen LogP contribution in [-0.2, 0) is 6.42 Å². The van der Waals surface area contributed by atoms with E-state index in [1.165, 1.54) is 11.1 Å². The van der Waals surface area contributed by atoms with E-state index in [9.17, 15) is 4.39 Å². The highest BCUT2D eigenvalue weighted by Gasteiger charge is 2.08. The second-order valence-electron chi connectivity index (χ2n) is 5.21. The lowest BCUT2D eigenvalue weighted by molar-refractivity contribution is 0.631. The molecule has 2 rings (SSSR count). The molecule has 0 aliphatic heterocycles. The highest BCUT2D eigenvalue weighted by Crippen LogP contribution is 2.27. The third kappa shape index (κ3) is 3.30. The Kier molecular flexibility index (Phi) is 4.74. The molecule has 0 aromatic heterocycles. The molecule has 0 bridgehead atoms. The van der Waals surface area contributed by atoms with Gasteiger partial charge in [-0.2, -0.15) is 0 Å². The summed E-state index contributed by atoms with van der Waals surface area (Å²) in [6, 6.07) is 11.4. The molecule has 0 radical (unpaired) electrons. The number of benzene rings is 2. The maximum absolute atomic E-state index is 14.4. The van der Waals surface area contributed by atoms with E-state index in [-0.39, 0.29) is 5.82 Å². The van der Waals surface area contributed by atoms with Crippen LogP contribution in [0.15, 0.2) is 55.1 Å². The van der Waals surface area contributed by atoms with Gasteiger partial charge in [-0.15, -0.1) is 0 Å². The molecule has 0 amide bonds. The van der Waals surface area contributed by atoms with Crippen LogP contribution < -0.4 is 0 Å². The van der Waals surface area contributed by atoms with Crippen LogP contribution in [0.25, 0.3) is 16.7 Å². The lowest BCUT2D eigenvalue weighted by Gasteiger charge is -2.10. The van der Waals surface area contributed by atoms with E-state index in [1.807, 2.05) is 37.3 Å². The number of rotatable bonds is 4. The average Bonchev–Trinajstić information content (AvgIpc) is 2.47. The molecule has 0 nitrogen and oxygen atoms in total. The van der Waals surface area contributed by atoms with Crippen molar-refractivity contribution in [2.75, 3.05) is 0 Å². The third-order valence-corrected chi connectivity index (χ3v) is 3.74. The van der Waals surface area contributed by atoms with E-state index < -0.39 is 0 Å². The molecule has 0 fully saturated rings. The SMILES string of the molecule is C=C(/C=C\C)c1ccc(-c2ccc(CC)c(C)c2)c(F)c1. The summed E-state index contributed by atoms with van der Waals surface area (Å²) in [4.78, 5) is 0. The Morgan fingerprint density at radius 1 is 1.19 bits per heavy atom. The highest BCUT2D eigenvalue weighted by molar-refractivity contribution is 5.75. The summed E-state index contributed by atoms with van der Waals surface area (Å²) in [5.74, 6) is -0.207. The van der Waals surface area contributed by atoms with Gasteiger partial charge in [-0.3, -0.25) is 0 Å². The van der Waals surface area contributed by atoms with Crippen molar-refractivity contribution in [2.45, 2.75) is 27.2 Å². The molecule has 2 aromatic carbocycles. The highest BCUT2D eigenvalue weighted by atomic mass is 19.1. The normalized spacial score (nSPS) is 11.0. The Bertz CT molecular complexity index is 693. The summed E-state index contributed by atoms with van der Waals surface area (Å²) in [7, 11) is 0. The molecule has 0 atom stereocenters. The van der Waals surface area contributed by atoms with E-state index in [2.05, 4.69) is 32.6 Å². The topological polar surface area (TPSA) is 0 Å². The minimum absolute atomic E-state index is 0.207. The van der Waals surface area contributed by atoms with Crippen molar-refractivity contribution in [1.82, 2.24) is 0 Å². The van der Waals surface area contributed by atoms with Gasteiger partial charge in [0.05, 0.1) is 0 Å². The molecule has 2 aromatic rings. The molecule has 21 heavy (non-hydrogen) atoms. The molecule has 108 valence electrons. The largest absolute Gasteiger partial charge is 0.206 e. The van der Waals surface area contributed by atoms with Crippen LogP contribution in [0.4, 0.5) is 4.39 Å². The van der Waals surface area contributed by atoms with E-state index >= 15 is 0 Å². The molecule has 1 heteroatoms. The standard InChI is InChI=1S/C20H21F/c1-5-7-14(3)17-10-11-19(20(21)13-17)18-9-8-16(6-2)15(4)12-18/h5,7-13H,3,6H2,1-2,4H3/b7-5-. The predicted octanol–water partition coefficient (Wildman–Crippen LogP) is 5.95. The van der Waals surface area contributed by atoms with Crippen LogP contribution in [-0.4, -0.2) is 0 Å². The van der Waals surface area contributed by atoms with E-state index in [4.69, 9.17) is 0 Å². The molecule has 0 spiro atoms. The van der Waals surface area contributed by atoms with Gasteiger partial charge in [-0.05, 0) is 54.2 Å². The third-order valence-electron chi connectivity index (χ3n) is 3.74. The van der Waals surface area contributed by atoms with Gasteiger partial charge >= 0.3 is 0 Å².